The lowest BCUT2D eigenvalue weighted by Crippen LogP contribution is -2.34. The molecule has 0 amide bonds. The van der Waals surface area contributed by atoms with Crippen LogP contribution >= 0.6 is 22.6 Å². The molecule has 0 fully saturated rings. The highest BCUT2D eigenvalue weighted by Crippen LogP contribution is 2.22. The minimum Gasteiger partial charge on any atom is -0.271 e. The van der Waals surface area contributed by atoms with Gasteiger partial charge in [0.25, 0.3) is 10.2 Å². The summed E-state index contributed by atoms with van der Waals surface area (Å²) >= 11 is 2.19. The van der Waals surface area contributed by atoms with Gasteiger partial charge in [0.05, 0.1) is 5.69 Å². The molecule has 0 spiro atoms. The predicted octanol–water partition coefficient (Wildman–Crippen LogP) is 1.05. The molecule has 1 aliphatic rings. The molecule has 0 saturated heterocycles. The Balaban J connectivity index is 2.48. The summed E-state index contributed by atoms with van der Waals surface area (Å²) in [5, 5.41) is 0. The van der Waals surface area contributed by atoms with Gasteiger partial charge in [0.15, 0.2) is 0 Å². The fourth-order valence-corrected chi connectivity index (χ4v) is 2.62. The first-order valence-corrected chi connectivity index (χ1v) is 6.19. The Bertz CT molecular complexity index is 444. The summed E-state index contributed by atoms with van der Waals surface area (Å²) in [5.74, 6) is 0. The first-order valence-electron chi connectivity index (χ1n) is 3.63. The molecule has 1 aromatic rings. The molecule has 0 bridgehead atoms. The van der Waals surface area contributed by atoms with Crippen molar-refractivity contribution < 1.29 is 8.42 Å². The van der Waals surface area contributed by atoms with Crippen molar-refractivity contribution in [2.45, 2.75) is 6.54 Å². The quantitative estimate of drug-likeness (QED) is 0.704. The number of rotatable bonds is 0. The van der Waals surface area contributed by atoms with Gasteiger partial charge in [-0.1, -0.05) is 0 Å². The molecule has 4 nitrogen and oxygen atoms in total. The van der Waals surface area contributed by atoms with E-state index in [9.17, 15) is 8.42 Å². The van der Waals surface area contributed by atoms with Crippen molar-refractivity contribution in [3.05, 3.63) is 27.3 Å². The van der Waals surface area contributed by atoms with Crippen molar-refractivity contribution in [1.29, 1.82) is 0 Å². The molecule has 6 heteroatoms. The van der Waals surface area contributed by atoms with Crippen LogP contribution in [0.2, 0.25) is 0 Å². The van der Waals surface area contributed by atoms with Crippen LogP contribution in [0.5, 0.6) is 0 Å². The molecule has 0 atom stereocenters. The molecule has 0 aromatic heterocycles. The summed E-state index contributed by atoms with van der Waals surface area (Å²) in [7, 11) is -3.31. The van der Waals surface area contributed by atoms with E-state index in [1.165, 1.54) is 0 Å². The van der Waals surface area contributed by atoms with E-state index in [2.05, 4.69) is 32.0 Å². The normalized spacial score (nSPS) is 18.8. The minimum absolute atomic E-state index is 0.363. The Morgan fingerprint density at radius 2 is 2.15 bits per heavy atom. The molecular formula is C7H7IN2O2S. The summed E-state index contributed by atoms with van der Waals surface area (Å²) in [6, 6.07) is 5.59. The van der Waals surface area contributed by atoms with E-state index in [4.69, 9.17) is 0 Å². The van der Waals surface area contributed by atoms with E-state index in [0.717, 1.165) is 9.13 Å². The van der Waals surface area contributed by atoms with Crippen LogP contribution in [0.4, 0.5) is 5.69 Å². The Kier molecular flexibility index (Phi) is 2.20. The Hall–Kier alpha value is -0.340. The van der Waals surface area contributed by atoms with Crippen LogP contribution < -0.4 is 9.44 Å². The molecular weight excluding hydrogens is 303 g/mol. The van der Waals surface area contributed by atoms with Gasteiger partial charge >= 0.3 is 0 Å². The zero-order valence-corrected chi connectivity index (χ0v) is 9.52. The summed E-state index contributed by atoms with van der Waals surface area (Å²) in [6.07, 6.45) is 0. The highest BCUT2D eigenvalue weighted by Gasteiger charge is 2.18. The van der Waals surface area contributed by atoms with Crippen LogP contribution in [0, 0.1) is 3.57 Å². The summed E-state index contributed by atoms with van der Waals surface area (Å²) in [6.45, 7) is 0.363. The lowest BCUT2D eigenvalue weighted by atomic mass is 10.2. The fraction of sp³-hybridized carbons (Fsp3) is 0.143. The monoisotopic (exact) mass is 310 g/mol. The third kappa shape index (κ3) is 1.94. The van der Waals surface area contributed by atoms with Crippen molar-refractivity contribution in [1.82, 2.24) is 4.72 Å². The van der Waals surface area contributed by atoms with Gasteiger partial charge in [-0.25, -0.2) is 0 Å². The van der Waals surface area contributed by atoms with Crippen LogP contribution in [0.3, 0.4) is 0 Å². The first kappa shape index (κ1) is 9.22. The van der Waals surface area contributed by atoms with Gasteiger partial charge < -0.3 is 0 Å². The highest BCUT2D eigenvalue weighted by molar-refractivity contribution is 14.1. The summed E-state index contributed by atoms with van der Waals surface area (Å²) < 4.78 is 28.1. The maximum atomic E-state index is 11.1. The van der Waals surface area contributed by atoms with Crippen molar-refractivity contribution in [3.8, 4) is 0 Å². The van der Waals surface area contributed by atoms with Crippen LogP contribution in [0.15, 0.2) is 18.2 Å². The Labute approximate surface area is 90.0 Å². The van der Waals surface area contributed by atoms with Crippen LogP contribution in [-0.2, 0) is 16.8 Å². The second-order valence-electron chi connectivity index (χ2n) is 2.73. The average Bonchev–Trinajstić information content (AvgIpc) is 2.05. The molecule has 0 unspecified atom stereocenters. The van der Waals surface area contributed by atoms with E-state index in [-0.39, 0.29) is 0 Å². The second-order valence-corrected chi connectivity index (χ2v) is 5.47. The Morgan fingerprint density at radius 1 is 1.38 bits per heavy atom. The van der Waals surface area contributed by atoms with Crippen molar-refractivity contribution in [3.63, 3.8) is 0 Å². The lowest BCUT2D eigenvalue weighted by molar-refractivity contribution is 0.584. The van der Waals surface area contributed by atoms with Gasteiger partial charge in [-0.05, 0) is 46.4 Å². The number of benzene rings is 1. The van der Waals surface area contributed by atoms with Gasteiger partial charge in [0.2, 0.25) is 0 Å². The number of hydrogen-bond donors (Lipinski definition) is 2. The third-order valence-electron chi connectivity index (χ3n) is 1.76. The third-order valence-corrected chi connectivity index (χ3v) is 3.45. The molecule has 0 aliphatic carbocycles. The van der Waals surface area contributed by atoms with E-state index in [0.29, 0.717) is 12.2 Å². The van der Waals surface area contributed by atoms with Crippen LogP contribution in [-0.4, -0.2) is 8.42 Å². The summed E-state index contributed by atoms with van der Waals surface area (Å²) in [5.41, 5.74) is 1.64. The first-order chi connectivity index (χ1) is 6.07. The number of anilines is 1. The molecule has 1 aromatic carbocycles. The molecule has 13 heavy (non-hydrogen) atoms. The number of hydrogen-bond acceptors (Lipinski definition) is 2. The maximum absolute atomic E-state index is 11.1. The van der Waals surface area contributed by atoms with Gasteiger partial charge in [0, 0.05) is 10.1 Å². The molecule has 0 radical (unpaired) electrons. The molecule has 1 aliphatic heterocycles. The van der Waals surface area contributed by atoms with Crippen LogP contribution in [0.25, 0.3) is 0 Å². The maximum Gasteiger partial charge on any atom is 0.299 e. The molecule has 1 heterocycles. The SMILES string of the molecule is O=S1(=O)NCc2cc(I)ccc2N1. The fourth-order valence-electron chi connectivity index (χ4n) is 1.16. The number of fused-ring (bicyclic) bond motifs is 1. The smallest absolute Gasteiger partial charge is 0.271 e. The standard InChI is InChI=1S/C7H7IN2O2S/c8-6-1-2-7-5(3-6)4-9-13(11,12)10-7/h1-3,9-10H,4H2. The van der Waals surface area contributed by atoms with Crippen molar-refractivity contribution in [2.75, 3.05) is 4.72 Å². The number of halogens is 1. The van der Waals surface area contributed by atoms with E-state index >= 15 is 0 Å². The van der Waals surface area contributed by atoms with Gasteiger partial charge in [-0.2, -0.15) is 13.1 Å². The second kappa shape index (κ2) is 3.10. The van der Waals surface area contributed by atoms with E-state index in [1.807, 2.05) is 12.1 Å². The molecule has 2 rings (SSSR count). The Morgan fingerprint density at radius 3 is 2.92 bits per heavy atom. The minimum atomic E-state index is -3.31. The molecule has 70 valence electrons. The zero-order valence-electron chi connectivity index (χ0n) is 6.54. The average molecular weight is 310 g/mol. The van der Waals surface area contributed by atoms with Gasteiger partial charge in [0.1, 0.15) is 0 Å². The van der Waals surface area contributed by atoms with Crippen LogP contribution in [0.1, 0.15) is 5.56 Å². The van der Waals surface area contributed by atoms with Crippen molar-refractivity contribution in [2.24, 2.45) is 0 Å². The van der Waals surface area contributed by atoms with Crippen molar-refractivity contribution >= 4 is 38.5 Å². The molecule has 2 N–H and O–H groups in total. The topological polar surface area (TPSA) is 58.2 Å². The lowest BCUT2D eigenvalue weighted by Gasteiger charge is -2.18. The van der Waals surface area contributed by atoms with Gasteiger partial charge in [-0.3, -0.25) is 4.72 Å². The number of nitrogens with one attached hydrogen (secondary N) is 2. The molecule has 0 saturated carbocycles. The van der Waals surface area contributed by atoms with E-state index < -0.39 is 10.2 Å². The van der Waals surface area contributed by atoms with Gasteiger partial charge in [-0.15, -0.1) is 0 Å². The predicted molar refractivity (Wildman–Crippen MR) is 58.5 cm³/mol. The van der Waals surface area contributed by atoms with E-state index in [1.54, 1.807) is 6.07 Å². The zero-order chi connectivity index (χ0) is 9.47. The largest absolute Gasteiger partial charge is 0.299 e. The highest BCUT2D eigenvalue weighted by atomic mass is 127. The summed E-state index contributed by atoms with van der Waals surface area (Å²) in [4.78, 5) is 0.